The zero-order valence-corrected chi connectivity index (χ0v) is 15.3. The molecule has 0 fully saturated rings. The Hall–Kier alpha value is -2.31. The number of rotatable bonds is 6. The van der Waals surface area contributed by atoms with Gasteiger partial charge in [-0.3, -0.25) is 4.79 Å². The molecule has 0 saturated carbocycles. The maximum atomic E-state index is 12.3. The van der Waals surface area contributed by atoms with Gasteiger partial charge in [-0.1, -0.05) is 36.4 Å². The van der Waals surface area contributed by atoms with Crippen LogP contribution in [-0.2, 0) is 9.53 Å². The summed E-state index contributed by atoms with van der Waals surface area (Å²) < 4.78 is 5.82. The molecule has 0 atom stereocenters. The molecule has 6 heteroatoms. The lowest BCUT2D eigenvalue weighted by Gasteiger charge is -2.06. The third-order valence-electron chi connectivity index (χ3n) is 3.58. The predicted molar refractivity (Wildman–Crippen MR) is 104 cm³/mol. The van der Waals surface area contributed by atoms with Crippen LogP contribution in [0.2, 0.25) is 0 Å². The van der Waals surface area contributed by atoms with Crippen LogP contribution in [0.5, 0.6) is 0 Å². The van der Waals surface area contributed by atoms with Gasteiger partial charge in [0.25, 0.3) is 0 Å². The van der Waals surface area contributed by atoms with E-state index in [9.17, 15) is 9.59 Å². The highest BCUT2D eigenvalue weighted by Crippen LogP contribution is 2.36. The summed E-state index contributed by atoms with van der Waals surface area (Å²) in [6, 6.07) is 17.5. The van der Waals surface area contributed by atoms with E-state index in [0.717, 1.165) is 15.0 Å². The van der Waals surface area contributed by atoms with Crippen molar-refractivity contribution in [1.82, 2.24) is 0 Å². The van der Waals surface area contributed by atoms with Gasteiger partial charge in [0.15, 0.2) is 0 Å². The molecule has 4 nitrogen and oxygen atoms in total. The highest BCUT2D eigenvalue weighted by atomic mass is 32.2. The molecule has 1 aromatic heterocycles. The first-order valence-corrected chi connectivity index (χ1v) is 9.57. The van der Waals surface area contributed by atoms with Gasteiger partial charge >= 0.3 is 5.97 Å². The SMILES string of the molecule is COC(=O)c1c(NC(=O)CCSc2ccccc2)sc2ccccc12. The van der Waals surface area contributed by atoms with Crippen LogP contribution >= 0.6 is 23.1 Å². The zero-order chi connectivity index (χ0) is 17.6. The number of carbonyl (C=O) groups is 2. The van der Waals surface area contributed by atoms with Crippen LogP contribution in [0, 0.1) is 0 Å². The lowest BCUT2D eigenvalue weighted by atomic mass is 10.1. The maximum Gasteiger partial charge on any atom is 0.341 e. The topological polar surface area (TPSA) is 55.4 Å². The molecule has 25 heavy (non-hydrogen) atoms. The summed E-state index contributed by atoms with van der Waals surface area (Å²) >= 11 is 3.02. The highest BCUT2D eigenvalue weighted by molar-refractivity contribution is 7.99. The van der Waals surface area contributed by atoms with Crippen molar-refractivity contribution in [3.8, 4) is 0 Å². The van der Waals surface area contributed by atoms with Crippen LogP contribution in [-0.4, -0.2) is 24.7 Å². The number of fused-ring (bicyclic) bond motifs is 1. The molecule has 0 spiro atoms. The van der Waals surface area contributed by atoms with E-state index < -0.39 is 5.97 Å². The van der Waals surface area contributed by atoms with Crippen molar-refractivity contribution in [3.05, 3.63) is 60.2 Å². The second-order valence-corrected chi connectivity index (χ2v) is 7.47. The quantitative estimate of drug-likeness (QED) is 0.499. The van der Waals surface area contributed by atoms with Crippen molar-refractivity contribution in [2.45, 2.75) is 11.3 Å². The highest BCUT2D eigenvalue weighted by Gasteiger charge is 2.20. The maximum absolute atomic E-state index is 12.3. The summed E-state index contributed by atoms with van der Waals surface area (Å²) in [5.41, 5.74) is 0.423. The van der Waals surface area contributed by atoms with Gasteiger partial charge in [0.05, 0.1) is 7.11 Å². The third kappa shape index (κ3) is 4.21. The Morgan fingerprint density at radius 3 is 2.56 bits per heavy atom. The number of amides is 1. The van der Waals surface area contributed by atoms with Crippen LogP contribution in [0.4, 0.5) is 5.00 Å². The second kappa shape index (κ2) is 8.18. The molecule has 2 aromatic carbocycles. The first-order chi connectivity index (χ1) is 12.2. The van der Waals surface area contributed by atoms with Crippen molar-refractivity contribution in [2.75, 3.05) is 18.2 Å². The van der Waals surface area contributed by atoms with E-state index in [-0.39, 0.29) is 5.91 Å². The number of ether oxygens (including phenoxy) is 1. The van der Waals surface area contributed by atoms with Crippen molar-refractivity contribution in [3.63, 3.8) is 0 Å². The van der Waals surface area contributed by atoms with Gasteiger partial charge in [-0.25, -0.2) is 4.79 Å². The Bertz CT molecular complexity index is 890. The van der Waals surface area contributed by atoms with E-state index in [1.807, 2.05) is 54.6 Å². The van der Waals surface area contributed by atoms with E-state index in [1.165, 1.54) is 18.4 Å². The monoisotopic (exact) mass is 371 g/mol. The molecular weight excluding hydrogens is 354 g/mol. The summed E-state index contributed by atoms with van der Waals surface area (Å²) in [4.78, 5) is 25.5. The van der Waals surface area contributed by atoms with Gasteiger partial charge in [0.2, 0.25) is 5.91 Å². The number of methoxy groups -OCH3 is 1. The Balaban J connectivity index is 1.69. The Morgan fingerprint density at radius 2 is 1.80 bits per heavy atom. The van der Waals surface area contributed by atoms with E-state index in [1.54, 1.807) is 11.8 Å². The molecule has 0 radical (unpaired) electrons. The summed E-state index contributed by atoms with van der Waals surface area (Å²) in [5.74, 6) is 0.125. The smallest absolute Gasteiger partial charge is 0.341 e. The molecule has 0 aliphatic carbocycles. The second-order valence-electron chi connectivity index (χ2n) is 5.25. The fraction of sp³-hybridized carbons (Fsp3) is 0.158. The van der Waals surface area contributed by atoms with Crippen LogP contribution in [0.15, 0.2) is 59.5 Å². The van der Waals surface area contributed by atoms with Crippen molar-refractivity contribution < 1.29 is 14.3 Å². The minimum atomic E-state index is -0.439. The van der Waals surface area contributed by atoms with E-state index in [0.29, 0.717) is 22.7 Å². The van der Waals surface area contributed by atoms with Crippen molar-refractivity contribution in [2.24, 2.45) is 0 Å². The van der Waals surface area contributed by atoms with Gasteiger partial charge in [0.1, 0.15) is 10.6 Å². The number of hydrogen-bond acceptors (Lipinski definition) is 5. The van der Waals surface area contributed by atoms with Crippen LogP contribution < -0.4 is 5.32 Å². The fourth-order valence-corrected chi connectivity index (χ4v) is 4.39. The van der Waals surface area contributed by atoms with Gasteiger partial charge in [-0.15, -0.1) is 23.1 Å². The Kier molecular flexibility index (Phi) is 5.73. The Labute approximate surface area is 154 Å². The minimum Gasteiger partial charge on any atom is -0.465 e. The molecule has 1 N–H and O–H groups in total. The first-order valence-electron chi connectivity index (χ1n) is 7.76. The molecule has 0 saturated heterocycles. The number of carbonyl (C=O) groups excluding carboxylic acids is 2. The van der Waals surface area contributed by atoms with Crippen LogP contribution in [0.3, 0.4) is 0 Å². The normalized spacial score (nSPS) is 10.6. The van der Waals surface area contributed by atoms with Gasteiger partial charge in [-0.2, -0.15) is 0 Å². The first kappa shape index (κ1) is 17.5. The number of anilines is 1. The molecule has 0 bridgehead atoms. The van der Waals surface area contributed by atoms with Gasteiger partial charge in [0, 0.05) is 27.2 Å². The molecular formula is C19H17NO3S2. The van der Waals surface area contributed by atoms with Gasteiger partial charge in [-0.05, 0) is 18.2 Å². The van der Waals surface area contributed by atoms with Gasteiger partial charge < -0.3 is 10.1 Å². The lowest BCUT2D eigenvalue weighted by Crippen LogP contribution is -2.14. The number of thioether (sulfide) groups is 1. The minimum absolute atomic E-state index is 0.111. The number of benzene rings is 2. The molecule has 1 amide bonds. The lowest BCUT2D eigenvalue weighted by molar-refractivity contribution is -0.115. The molecule has 0 aliphatic heterocycles. The number of esters is 1. The predicted octanol–water partition coefficient (Wildman–Crippen LogP) is 4.81. The van der Waals surface area contributed by atoms with Crippen molar-refractivity contribution in [1.29, 1.82) is 0 Å². The number of nitrogens with one attached hydrogen (secondary N) is 1. The van der Waals surface area contributed by atoms with Crippen LogP contribution in [0.25, 0.3) is 10.1 Å². The molecule has 3 rings (SSSR count). The van der Waals surface area contributed by atoms with Crippen LogP contribution in [0.1, 0.15) is 16.8 Å². The Morgan fingerprint density at radius 1 is 1.08 bits per heavy atom. The number of thiophene rings is 1. The molecule has 0 aliphatic rings. The molecule has 1 heterocycles. The standard InChI is InChI=1S/C19H17NO3S2/c1-23-19(22)17-14-9-5-6-10-15(14)25-18(17)20-16(21)11-12-24-13-7-3-2-4-8-13/h2-10H,11-12H2,1H3,(H,20,21). The third-order valence-corrected chi connectivity index (χ3v) is 5.68. The largest absolute Gasteiger partial charge is 0.465 e. The average Bonchev–Trinajstić information content (AvgIpc) is 2.99. The summed E-state index contributed by atoms with van der Waals surface area (Å²) in [7, 11) is 1.34. The van der Waals surface area contributed by atoms with E-state index >= 15 is 0 Å². The fourth-order valence-electron chi connectivity index (χ4n) is 2.41. The summed E-state index contributed by atoms with van der Waals surface area (Å²) in [6.45, 7) is 0. The zero-order valence-electron chi connectivity index (χ0n) is 13.7. The van der Waals surface area contributed by atoms with Crippen molar-refractivity contribution >= 4 is 50.1 Å². The van der Waals surface area contributed by atoms with E-state index in [2.05, 4.69) is 5.32 Å². The summed E-state index contributed by atoms with van der Waals surface area (Å²) in [5, 5.41) is 4.21. The summed E-state index contributed by atoms with van der Waals surface area (Å²) in [6.07, 6.45) is 0.369. The van der Waals surface area contributed by atoms with E-state index in [4.69, 9.17) is 4.74 Å². The molecule has 128 valence electrons. The average molecular weight is 371 g/mol. The number of hydrogen-bond donors (Lipinski definition) is 1. The molecule has 0 unspecified atom stereocenters. The molecule has 3 aromatic rings.